The van der Waals surface area contributed by atoms with Crippen LogP contribution < -0.4 is 0 Å². The normalized spacial score (nSPS) is 12.0. The van der Waals surface area contributed by atoms with Crippen molar-refractivity contribution in [1.29, 1.82) is 0 Å². The van der Waals surface area contributed by atoms with E-state index in [2.05, 4.69) is 29.6 Å². The van der Waals surface area contributed by atoms with Gasteiger partial charge in [0.25, 0.3) is 0 Å². The van der Waals surface area contributed by atoms with Gasteiger partial charge in [-0.05, 0) is 48.7 Å². The molecule has 1 N–H and O–H groups in total. The minimum atomic E-state index is -0.171. The Morgan fingerprint density at radius 3 is 1.85 bits per heavy atom. The minimum absolute atomic E-state index is 0.171. The molecule has 0 unspecified atom stereocenters. The largest absolute Gasteiger partial charge is 0.508 e. The molecule has 0 saturated heterocycles. The summed E-state index contributed by atoms with van der Waals surface area (Å²) in [4.78, 5) is 2.48. The van der Waals surface area contributed by atoms with Gasteiger partial charge in [-0.3, -0.25) is 0 Å². The van der Waals surface area contributed by atoms with Crippen LogP contribution in [0, 0.1) is 0 Å². The third-order valence-electron chi connectivity index (χ3n) is 2.71. The van der Waals surface area contributed by atoms with E-state index in [0.29, 0.717) is 0 Å². The highest BCUT2D eigenvalue weighted by Gasteiger charge is 2.01. The van der Waals surface area contributed by atoms with E-state index >= 15 is 0 Å². The second-order valence-electron chi connectivity index (χ2n) is 4.19. The van der Waals surface area contributed by atoms with Crippen LogP contribution in [0.3, 0.4) is 0 Å². The van der Waals surface area contributed by atoms with E-state index in [1.165, 1.54) is 9.79 Å². The van der Waals surface area contributed by atoms with E-state index in [-0.39, 0.29) is 16.2 Å². The molecule has 0 aliphatic carbocycles. The van der Waals surface area contributed by atoms with Gasteiger partial charge in [-0.1, -0.05) is 42.5 Å². The van der Waals surface area contributed by atoms with Gasteiger partial charge in [0, 0.05) is 9.79 Å². The lowest BCUT2D eigenvalue weighted by Crippen LogP contribution is -1.82. The molecule has 0 heterocycles. The van der Waals surface area contributed by atoms with Crippen LogP contribution in [0.2, 0.25) is 0 Å². The van der Waals surface area contributed by atoms with Crippen molar-refractivity contribution in [2.45, 2.75) is 16.7 Å². The molecule has 0 spiro atoms. The maximum atomic E-state index is 9.74. The van der Waals surface area contributed by atoms with Crippen molar-refractivity contribution >= 4 is 15.9 Å². The molecule has 2 aromatic carbocycles. The molecule has 0 bridgehead atoms. The van der Waals surface area contributed by atoms with Crippen molar-refractivity contribution in [3.63, 3.8) is 0 Å². The third kappa shape index (κ3) is 3.97. The first kappa shape index (κ1) is 14.4. The van der Waals surface area contributed by atoms with Gasteiger partial charge in [-0.2, -0.15) is 0 Å². The van der Waals surface area contributed by atoms with Gasteiger partial charge in [0.05, 0.1) is 0 Å². The Hall–Kier alpha value is -2.06. The number of hydrogen-bond acceptors (Lipinski definition) is 1. The third-order valence-corrected chi connectivity index (χ3v) is 4.67. The zero-order valence-electron chi connectivity index (χ0n) is 11.4. The summed E-state index contributed by atoms with van der Waals surface area (Å²) < 4.78 is 0. The van der Waals surface area contributed by atoms with Crippen LogP contribution in [0.1, 0.15) is 6.92 Å². The molecule has 1 nitrogen and oxygen atoms in total. The molecule has 2 rings (SSSR count). The molecule has 20 heavy (non-hydrogen) atoms. The number of allylic oxidation sites excluding steroid dienone is 3. The monoisotopic (exact) mass is 282 g/mol. The van der Waals surface area contributed by atoms with E-state index in [1.807, 2.05) is 49.4 Å². The summed E-state index contributed by atoms with van der Waals surface area (Å²) in [7, 11) is -0.171. The number of benzene rings is 2. The minimum Gasteiger partial charge on any atom is -0.508 e. The van der Waals surface area contributed by atoms with Gasteiger partial charge in [-0.25, -0.2) is 0 Å². The van der Waals surface area contributed by atoms with E-state index in [0.717, 1.165) is 0 Å². The molecule has 0 amide bonds. The lowest BCUT2D eigenvalue weighted by Gasteiger charge is -2.09. The fourth-order valence-electron chi connectivity index (χ4n) is 1.79. The SMILES string of the molecule is C/C=C\C(O)=C/C=S(c1ccccc1)c1ccccc1. The average molecular weight is 282 g/mol. The van der Waals surface area contributed by atoms with Gasteiger partial charge < -0.3 is 5.11 Å². The Kier molecular flexibility index (Phi) is 5.39. The molecular formula is C18H18OS. The average Bonchev–Trinajstić information content (AvgIpc) is 2.50. The highest BCUT2D eigenvalue weighted by atomic mass is 32.2. The Morgan fingerprint density at radius 2 is 1.40 bits per heavy atom. The Labute approximate surface area is 122 Å². The first-order valence-electron chi connectivity index (χ1n) is 6.51. The second kappa shape index (κ2) is 7.51. The molecule has 102 valence electrons. The van der Waals surface area contributed by atoms with Crippen LogP contribution in [-0.2, 0) is 0 Å². The summed E-state index contributed by atoms with van der Waals surface area (Å²) >= 11 is 0. The van der Waals surface area contributed by atoms with Gasteiger partial charge in [0.2, 0.25) is 0 Å². The molecule has 2 heteroatoms. The van der Waals surface area contributed by atoms with Crippen LogP contribution in [0.4, 0.5) is 0 Å². The summed E-state index contributed by atoms with van der Waals surface area (Å²) in [5.74, 6) is 0.275. The summed E-state index contributed by atoms with van der Waals surface area (Å²) in [6, 6.07) is 20.7. The van der Waals surface area contributed by atoms with Crippen LogP contribution in [0.25, 0.3) is 0 Å². The number of hydrogen-bond donors (Lipinski definition) is 1. The lowest BCUT2D eigenvalue weighted by atomic mass is 10.4. The smallest absolute Gasteiger partial charge is 0.115 e. The van der Waals surface area contributed by atoms with Crippen molar-refractivity contribution in [3.05, 3.63) is 84.7 Å². The quantitative estimate of drug-likeness (QED) is 0.354. The highest BCUT2D eigenvalue weighted by Crippen LogP contribution is 2.34. The lowest BCUT2D eigenvalue weighted by molar-refractivity contribution is 0.433. The number of aliphatic hydroxyl groups is 1. The van der Waals surface area contributed by atoms with Crippen LogP contribution >= 0.6 is 10.5 Å². The van der Waals surface area contributed by atoms with Gasteiger partial charge >= 0.3 is 0 Å². The highest BCUT2D eigenvalue weighted by molar-refractivity contribution is 8.15. The maximum absolute atomic E-state index is 9.74. The van der Waals surface area contributed by atoms with Crippen molar-refractivity contribution in [2.24, 2.45) is 0 Å². The molecule has 0 atom stereocenters. The molecule has 0 aromatic heterocycles. The molecular weight excluding hydrogens is 264 g/mol. The predicted octanol–water partition coefficient (Wildman–Crippen LogP) is 5.19. The van der Waals surface area contributed by atoms with Crippen molar-refractivity contribution < 1.29 is 5.11 Å². The summed E-state index contributed by atoms with van der Waals surface area (Å²) in [5.41, 5.74) is 0. The topological polar surface area (TPSA) is 20.2 Å². The Balaban J connectivity index is 2.46. The van der Waals surface area contributed by atoms with Crippen molar-refractivity contribution in [3.8, 4) is 0 Å². The van der Waals surface area contributed by atoms with Crippen LogP contribution in [-0.4, -0.2) is 10.5 Å². The molecule has 0 aliphatic heterocycles. The maximum Gasteiger partial charge on any atom is 0.115 e. The zero-order chi connectivity index (χ0) is 14.2. The van der Waals surface area contributed by atoms with Crippen molar-refractivity contribution in [2.75, 3.05) is 0 Å². The Morgan fingerprint density at radius 1 is 0.900 bits per heavy atom. The first-order valence-corrected chi connectivity index (χ1v) is 7.80. The van der Waals surface area contributed by atoms with Gasteiger partial charge in [0.1, 0.15) is 5.76 Å². The van der Waals surface area contributed by atoms with Gasteiger partial charge in [0.15, 0.2) is 0 Å². The first-order chi connectivity index (χ1) is 9.81. The molecule has 0 saturated carbocycles. The Bertz CT molecular complexity index is 583. The van der Waals surface area contributed by atoms with Crippen molar-refractivity contribution in [1.82, 2.24) is 0 Å². The van der Waals surface area contributed by atoms with Crippen LogP contribution in [0.5, 0.6) is 0 Å². The summed E-state index contributed by atoms with van der Waals surface area (Å²) in [6.07, 6.45) is 5.28. The standard InChI is InChI=1S/C18H18OS/c1-2-9-16(19)14-15-20(17-10-5-3-6-11-17)18-12-7-4-8-13-18/h2-15,19H,1H3/b9-2-,16-14+. The van der Waals surface area contributed by atoms with E-state index in [9.17, 15) is 5.11 Å². The number of rotatable bonds is 4. The molecule has 2 aromatic rings. The summed E-state index contributed by atoms with van der Waals surface area (Å²) in [6.45, 7) is 1.89. The van der Waals surface area contributed by atoms with Gasteiger partial charge in [-0.15, -0.1) is 10.5 Å². The summed E-state index contributed by atoms with van der Waals surface area (Å²) in [5, 5.41) is 11.8. The van der Waals surface area contributed by atoms with Crippen LogP contribution in [0.15, 0.2) is 94.4 Å². The predicted molar refractivity (Wildman–Crippen MR) is 88.6 cm³/mol. The molecule has 0 fully saturated rings. The zero-order valence-corrected chi connectivity index (χ0v) is 12.3. The van der Waals surface area contributed by atoms with E-state index < -0.39 is 0 Å². The fraction of sp³-hybridized carbons (Fsp3) is 0.0556. The molecule has 0 radical (unpaired) electrons. The fourth-order valence-corrected chi connectivity index (χ4v) is 3.55. The molecule has 0 aliphatic rings. The second-order valence-corrected chi connectivity index (χ2v) is 6.08. The number of aliphatic hydroxyl groups excluding tert-OH is 1. The van der Waals surface area contributed by atoms with E-state index in [4.69, 9.17) is 0 Å². The van der Waals surface area contributed by atoms with E-state index in [1.54, 1.807) is 12.2 Å².